The second kappa shape index (κ2) is 5.69. The predicted molar refractivity (Wildman–Crippen MR) is 77.3 cm³/mol. The maximum Gasteiger partial charge on any atom is 0.240 e. The van der Waals surface area contributed by atoms with Gasteiger partial charge in [0.25, 0.3) is 0 Å². The Bertz CT molecular complexity index is 572. The third kappa shape index (κ3) is 3.12. The lowest BCUT2D eigenvalue weighted by Gasteiger charge is -2.20. The van der Waals surface area contributed by atoms with Crippen molar-refractivity contribution in [3.05, 3.63) is 23.5 Å². The fraction of sp³-hybridized carbons (Fsp3) is 0.571. The van der Waals surface area contributed by atoms with Crippen LogP contribution in [0.4, 0.5) is 10.1 Å². The molecule has 0 aromatic heterocycles. The summed E-state index contributed by atoms with van der Waals surface area (Å²) in [6.07, 6.45) is 4.36. The lowest BCUT2D eigenvalue weighted by Crippen LogP contribution is -2.37. The van der Waals surface area contributed by atoms with Crippen molar-refractivity contribution in [2.24, 2.45) is 5.92 Å². The first kappa shape index (κ1) is 15.3. The number of hydrogen-bond acceptors (Lipinski definition) is 3. The van der Waals surface area contributed by atoms with E-state index in [0.717, 1.165) is 31.7 Å². The molecule has 2 rings (SSSR count). The van der Waals surface area contributed by atoms with Gasteiger partial charge in [-0.15, -0.1) is 0 Å². The van der Waals surface area contributed by atoms with E-state index in [1.807, 2.05) is 6.92 Å². The quantitative estimate of drug-likeness (QED) is 0.839. The van der Waals surface area contributed by atoms with E-state index in [9.17, 15) is 12.8 Å². The van der Waals surface area contributed by atoms with Gasteiger partial charge in [-0.3, -0.25) is 0 Å². The van der Waals surface area contributed by atoms with Gasteiger partial charge in [0, 0.05) is 17.3 Å². The van der Waals surface area contributed by atoms with Crippen molar-refractivity contribution in [1.29, 1.82) is 0 Å². The molecule has 1 aliphatic rings. The molecule has 1 saturated carbocycles. The standard InChI is InChI=1S/C14H21FN2O2S/c1-9-13(15)7-12(8-14(9)16)20(18,19)17-10(2)11-5-3-4-6-11/h7-8,10-11,17H,3-6,16H2,1-2H3. The topological polar surface area (TPSA) is 72.2 Å². The minimum Gasteiger partial charge on any atom is -0.398 e. The number of hydrogen-bond donors (Lipinski definition) is 2. The molecule has 1 fully saturated rings. The molecule has 1 aromatic carbocycles. The van der Waals surface area contributed by atoms with Gasteiger partial charge in [-0.2, -0.15) is 0 Å². The minimum atomic E-state index is -3.73. The molecule has 0 amide bonds. The predicted octanol–water partition coefficient (Wildman–Crippen LogP) is 2.57. The molecule has 0 aliphatic heterocycles. The summed E-state index contributed by atoms with van der Waals surface area (Å²) in [5, 5.41) is 0. The third-order valence-electron chi connectivity index (χ3n) is 4.12. The fourth-order valence-electron chi connectivity index (χ4n) is 2.70. The number of nitrogens with one attached hydrogen (secondary N) is 1. The van der Waals surface area contributed by atoms with E-state index in [-0.39, 0.29) is 22.2 Å². The largest absolute Gasteiger partial charge is 0.398 e. The Balaban J connectivity index is 2.21. The van der Waals surface area contributed by atoms with E-state index in [2.05, 4.69) is 4.72 Å². The SMILES string of the molecule is Cc1c(N)cc(S(=O)(=O)NC(C)C2CCCC2)cc1F. The molecule has 0 heterocycles. The minimum absolute atomic E-state index is 0.108. The number of nitrogens with two attached hydrogens (primary N) is 1. The maximum absolute atomic E-state index is 13.6. The van der Waals surface area contributed by atoms with Crippen LogP contribution in [0.1, 0.15) is 38.2 Å². The summed E-state index contributed by atoms with van der Waals surface area (Å²) in [5.74, 6) is -0.240. The van der Waals surface area contributed by atoms with Crippen LogP contribution < -0.4 is 10.5 Å². The first-order valence-corrected chi connectivity index (χ1v) is 8.37. The van der Waals surface area contributed by atoms with Gasteiger partial charge in [-0.05, 0) is 44.7 Å². The van der Waals surface area contributed by atoms with Crippen LogP contribution in [0.2, 0.25) is 0 Å². The average molecular weight is 300 g/mol. The van der Waals surface area contributed by atoms with Crippen molar-refractivity contribution in [2.45, 2.75) is 50.5 Å². The van der Waals surface area contributed by atoms with Crippen LogP contribution in [-0.2, 0) is 10.0 Å². The number of sulfonamides is 1. The molecule has 1 aliphatic carbocycles. The molecule has 1 atom stereocenters. The highest BCUT2D eigenvalue weighted by Crippen LogP contribution is 2.28. The summed E-state index contributed by atoms with van der Waals surface area (Å²) in [6.45, 7) is 3.39. The zero-order valence-electron chi connectivity index (χ0n) is 11.8. The molecular weight excluding hydrogens is 279 g/mol. The Morgan fingerprint density at radius 1 is 1.35 bits per heavy atom. The van der Waals surface area contributed by atoms with Gasteiger partial charge in [0.2, 0.25) is 10.0 Å². The van der Waals surface area contributed by atoms with Gasteiger partial charge in [-0.25, -0.2) is 17.5 Å². The van der Waals surface area contributed by atoms with Gasteiger partial charge in [0.05, 0.1) is 4.90 Å². The normalized spacial score (nSPS) is 18.4. The number of anilines is 1. The number of rotatable bonds is 4. The Kier molecular flexibility index (Phi) is 4.34. The molecule has 0 radical (unpaired) electrons. The zero-order chi connectivity index (χ0) is 14.9. The molecule has 0 spiro atoms. The molecule has 0 bridgehead atoms. The molecule has 3 N–H and O–H groups in total. The highest BCUT2D eigenvalue weighted by Gasteiger charge is 2.26. The highest BCUT2D eigenvalue weighted by molar-refractivity contribution is 7.89. The molecule has 6 heteroatoms. The molecule has 20 heavy (non-hydrogen) atoms. The van der Waals surface area contributed by atoms with E-state index in [0.29, 0.717) is 5.92 Å². The van der Waals surface area contributed by atoms with Crippen molar-refractivity contribution in [3.8, 4) is 0 Å². The van der Waals surface area contributed by atoms with Gasteiger partial charge >= 0.3 is 0 Å². The van der Waals surface area contributed by atoms with Crippen molar-refractivity contribution in [1.82, 2.24) is 4.72 Å². The first-order valence-electron chi connectivity index (χ1n) is 6.89. The summed E-state index contributed by atoms with van der Waals surface area (Å²) >= 11 is 0. The first-order chi connectivity index (χ1) is 9.31. The Labute approximate surface area is 119 Å². The second-order valence-electron chi connectivity index (χ2n) is 5.57. The molecular formula is C14H21FN2O2S. The molecule has 4 nitrogen and oxygen atoms in total. The van der Waals surface area contributed by atoms with Crippen LogP contribution >= 0.6 is 0 Å². The molecule has 1 aromatic rings. The van der Waals surface area contributed by atoms with Gasteiger partial charge in [-0.1, -0.05) is 12.8 Å². The summed E-state index contributed by atoms with van der Waals surface area (Å²) in [7, 11) is -3.73. The van der Waals surface area contributed by atoms with Crippen LogP contribution in [0, 0.1) is 18.7 Å². The Morgan fingerprint density at radius 3 is 2.50 bits per heavy atom. The van der Waals surface area contributed by atoms with Crippen molar-refractivity contribution < 1.29 is 12.8 Å². The maximum atomic E-state index is 13.6. The number of halogens is 1. The van der Waals surface area contributed by atoms with E-state index >= 15 is 0 Å². The van der Waals surface area contributed by atoms with E-state index < -0.39 is 15.8 Å². The van der Waals surface area contributed by atoms with Crippen LogP contribution in [0.15, 0.2) is 17.0 Å². The second-order valence-corrected chi connectivity index (χ2v) is 7.29. The van der Waals surface area contributed by atoms with Crippen LogP contribution in [0.25, 0.3) is 0 Å². The van der Waals surface area contributed by atoms with Crippen molar-refractivity contribution in [2.75, 3.05) is 5.73 Å². The summed E-state index contributed by atoms with van der Waals surface area (Å²) < 4.78 is 40.8. The molecule has 0 saturated heterocycles. The van der Waals surface area contributed by atoms with Gasteiger partial charge < -0.3 is 5.73 Å². The van der Waals surface area contributed by atoms with Gasteiger partial charge in [0.1, 0.15) is 5.82 Å². The average Bonchev–Trinajstić information content (AvgIpc) is 2.88. The molecule has 112 valence electrons. The van der Waals surface area contributed by atoms with Crippen LogP contribution in [0.5, 0.6) is 0 Å². The third-order valence-corrected chi connectivity index (χ3v) is 5.65. The number of benzene rings is 1. The van der Waals surface area contributed by atoms with E-state index in [1.54, 1.807) is 0 Å². The van der Waals surface area contributed by atoms with Crippen molar-refractivity contribution >= 4 is 15.7 Å². The smallest absolute Gasteiger partial charge is 0.240 e. The zero-order valence-corrected chi connectivity index (χ0v) is 12.6. The Morgan fingerprint density at radius 2 is 1.95 bits per heavy atom. The van der Waals surface area contributed by atoms with E-state index in [4.69, 9.17) is 5.73 Å². The molecule has 1 unspecified atom stereocenters. The van der Waals surface area contributed by atoms with Crippen LogP contribution in [0.3, 0.4) is 0 Å². The highest BCUT2D eigenvalue weighted by atomic mass is 32.2. The Hall–Kier alpha value is -1.14. The lowest BCUT2D eigenvalue weighted by atomic mass is 10.0. The summed E-state index contributed by atoms with van der Waals surface area (Å²) in [4.78, 5) is -0.108. The van der Waals surface area contributed by atoms with E-state index in [1.165, 1.54) is 13.0 Å². The summed E-state index contributed by atoms with van der Waals surface area (Å²) in [5.41, 5.74) is 6.06. The monoisotopic (exact) mass is 300 g/mol. The fourth-order valence-corrected chi connectivity index (χ4v) is 4.05. The van der Waals surface area contributed by atoms with Crippen molar-refractivity contribution in [3.63, 3.8) is 0 Å². The van der Waals surface area contributed by atoms with Gasteiger partial charge in [0.15, 0.2) is 0 Å². The van der Waals surface area contributed by atoms with Crippen LogP contribution in [-0.4, -0.2) is 14.5 Å². The lowest BCUT2D eigenvalue weighted by molar-refractivity contribution is 0.424. The summed E-state index contributed by atoms with van der Waals surface area (Å²) in [6, 6.07) is 2.19. The number of nitrogen functional groups attached to an aromatic ring is 1.